The fourth-order valence-electron chi connectivity index (χ4n) is 9.83. The van der Waals surface area contributed by atoms with Gasteiger partial charge in [0.25, 0.3) is 0 Å². The number of benzene rings is 9. The number of aliphatic imine (C=N–C) groups is 2. The molecule has 5 heteroatoms. The second kappa shape index (κ2) is 13.7. The molecule has 1 unspecified atom stereocenters. The first-order chi connectivity index (χ1) is 30.6. The van der Waals surface area contributed by atoms with Gasteiger partial charge in [0.05, 0.1) is 28.1 Å². The van der Waals surface area contributed by atoms with Crippen molar-refractivity contribution in [2.75, 3.05) is 0 Å². The molecule has 62 heavy (non-hydrogen) atoms. The summed E-state index contributed by atoms with van der Waals surface area (Å²) in [4.78, 5) is 11.3. The first-order valence-electron chi connectivity index (χ1n) is 21.3. The Labute approximate surface area is 361 Å². The van der Waals surface area contributed by atoms with Crippen molar-refractivity contribution in [3.05, 3.63) is 205 Å². The molecule has 0 aliphatic carbocycles. The maximum absolute atomic E-state index is 7.28. The van der Waals surface area contributed by atoms with Crippen molar-refractivity contribution in [3.63, 3.8) is 0 Å². The van der Waals surface area contributed by atoms with Gasteiger partial charge < -0.3 is 8.98 Å². The van der Waals surface area contributed by atoms with Crippen LogP contribution >= 0.6 is 11.3 Å². The fraction of sp³-hybridized carbons (Fsp3) is 0.0526. The summed E-state index contributed by atoms with van der Waals surface area (Å²) in [6.07, 6.45) is 3.12. The number of thiophene rings is 1. The molecule has 292 valence electrons. The van der Waals surface area contributed by atoms with Crippen molar-refractivity contribution < 1.29 is 4.42 Å². The Morgan fingerprint density at radius 2 is 1.24 bits per heavy atom. The monoisotopic (exact) mass is 811 g/mol. The molecule has 0 radical (unpaired) electrons. The molecule has 12 aromatic rings. The zero-order valence-electron chi connectivity index (χ0n) is 33.8. The number of aromatic nitrogens is 1. The van der Waals surface area contributed by atoms with Crippen molar-refractivity contribution in [2.45, 2.75) is 13.3 Å². The number of furan rings is 1. The Balaban J connectivity index is 1.12. The molecule has 0 saturated carbocycles. The first kappa shape index (κ1) is 35.2. The van der Waals surface area contributed by atoms with E-state index in [1.54, 1.807) is 0 Å². The SMILES string of the molecule is CC1C/C=C(\c2ccc3sc4ccccc4c3c2)N=C(c2ccc(-n3c4ccccc4c4cc5ccccc5cc43)c3oc4c5ccccc5ccc4c23)N=C1c1ccccc1. The third-order valence-electron chi connectivity index (χ3n) is 12.8. The van der Waals surface area contributed by atoms with Crippen LogP contribution in [-0.4, -0.2) is 16.1 Å². The lowest BCUT2D eigenvalue weighted by molar-refractivity contribution is 0.670. The molecule has 4 nitrogen and oxygen atoms in total. The van der Waals surface area contributed by atoms with Crippen molar-refractivity contribution in [3.8, 4) is 5.69 Å². The van der Waals surface area contributed by atoms with Gasteiger partial charge >= 0.3 is 0 Å². The zero-order chi connectivity index (χ0) is 40.9. The lowest BCUT2D eigenvalue weighted by Crippen LogP contribution is -2.17. The highest BCUT2D eigenvalue weighted by atomic mass is 32.1. The lowest BCUT2D eigenvalue weighted by Gasteiger charge is -2.19. The molecule has 3 aromatic heterocycles. The molecular weight excluding hydrogens is 775 g/mol. The second-order valence-electron chi connectivity index (χ2n) is 16.5. The van der Waals surface area contributed by atoms with Gasteiger partial charge in [-0.3, -0.25) is 0 Å². The Morgan fingerprint density at radius 1 is 0.516 bits per heavy atom. The molecule has 0 saturated heterocycles. The number of rotatable bonds is 4. The molecule has 0 amide bonds. The highest BCUT2D eigenvalue weighted by Gasteiger charge is 2.25. The molecular formula is C57H37N3OS. The van der Waals surface area contributed by atoms with Gasteiger partial charge in [0, 0.05) is 64.1 Å². The van der Waals surface area contributed by atoms with Gasteiger partial charge in [-0.25, -0.2) is 9.98 Å². The predicted octanol–water partition coefficient (Wildman–Crippen LogP) is 15.7. The minimum Gasteiger partial charge on any atom is -0.453 e. The molecule has 1 atom stereocenters. The molecule has 0 bridgehead atoms. The number of allylic oxidation sites excluding steroid dienone is 1. The zero-order valence-corrected chi connectivity index (χ0v) is 34.7. The van der Waals surface area contributed by atoms with Crippen LogP contribution in [0.15, 0.2) is 202 Å². The molecule has 13 rings (SSSR count). The van der Waals surface area contributed by atoms with Gasteiger partial charge in [0.1, 0.15) is 5.58 Å². The van der Waals surface area contributed by atoms with Gasteiger partial charge in [-0.2, -0.15) is 0 Å². The molecule has 9 aromatic carbocycles. The Morgan fingerprint density at radius 3 is 2.11 bits per heavy atom. The number of hydrogen-bond donors (Lipinski definition) is 0. The highest BCUT2D eigenvalue weighted by molar-refractivity contribution is 7.25. The maximum atomic E-state index is 7.28. The molecule has 1 aliphatic rings. The quantitative estimate of drug-likeness (QED) is 0.175. The number of nitrogens with zero attached hydrogens (tertiary/aromatic N) is 3. The normalized spacial score (nSPS) is 15.8. The van der Waals surface area contributed by atoms with Crippen LogP contribution in [0.1, 0.15) is 30.0 Å². The van der Waals surface area contributed by atoms with Crippen LogP contribution in [0.3, 0.4) is 0 Å². The minimum absolute atomic E-state index is 0.135. The van der Waals surface area contributed by atoms with Crippen LogP contribution in [0.5, 0.6) is 0 Å². The number of amidine groups is 1. The Kier molecular flexibility index (Phi) is 7.78. The Bertz CT molecular complexity index is 3920. The van der Waals surface area contributed by atoms with Crippen LogP contribution in [0.2, 0.25) is 0 Å². The summed E-state index contributed by atoms with van der Waals surface area (Å²) in [5.41, 5.74) is 9.94. The summed E-state index contributed by atoms with van der Waals surface area (Å²) in [5, 5.41) is 11.6. The third-order valence-corrected chi connectivity index (χ3v) is 14.0. The molecule has 0 spiro atoms. The minimum atomic E-state index is 0.135. The van der Waals surface area contributed by atoms with Gasteiger partial charge in [0.15, 0.2) is 11.4 Å². The molecule has 4 heterocycles. The second-order valence-corrected chi connectivity index (χ2v) is 17.6. The van der Waals surface area contributed by atoms with E-state index in [1.807, 2.05) is 11.3 Å². The highest BCUT2D eigenvalue weighted by Crippen LogP contribution is 2.43. The number of fused-ring (bicyclic) bond motifs is 12. The van der Waals surface area contributed by atoms with E-state index >= 15 is 0 Å². The van der Waals surface area contributed by atoms with Crippen molar-refractivity contribution in [1.29, 1.82) is 0 Å². The average Bonchev–Trinajstić information content (AvgIpc) is 4.00. The average molecular weight is 812 g/mol. The van der Waals surface area contributed by atoms with E-state index in [0.717, 1.165) is 84.0 Å². The largest absolute Gasteiger partial charge is 0.453 e. The fourth-order valence-corrected chi connectivity index (χ4v) is 10.9. The lowest BCUT2D eigenvalue weighted by atomic mass is 9.93. The summed E-state index contributed by atoms with van der Waals surface area (Å²) < 4.78 is 12.2. The topological polar surface area (TPSA) is 42.8 Å². The van der Waals surface area contributed by atoms with Gasteiger partial charge in [-0.05, 0) is 82.7 Å². The van der Waals surface area contributed by atoms with Gasteiger partial charge in [0.2, 0.25) is 0 Å². The van der Waals surface area contributed by atoms with E-state index in [9.17, 15) is 0 Å². The van der Waals surface area contributed by atoms with E-state index in [4.69, 9.17) is 14.4 Å². The molecule has 0 N–H and O–H groups in total. The van der Waals surface area contributed by atoms with Crippen LogP contribution in [-0.2, 0) is 0 Å². The summed E-state index contributed by atoms with van der Waals surface area (Å²) in [5.74, 6) is 0.799. The number of hydrogen-bond acceptors (Lipinski definition) is 4. The van der Waals surface area contributed by atoms with E-state index in [0.29, 0.717) is 5.84 Å². The third kappa shape index (κ3) is 5.38. The summed E-state index contributed by atoms with van der Waals surface area (Å²) >= 11 is 1.84. The van der Waals surface area contributed by atoms with Crippen LogP contribution in [0.4, 0.5) is 0 Å². The van der Waals surface area contributed by atoms with Crippen molar-refractivity contribution in [1.82, 2.24) is 4.57 Å². The van der Waals surface area contributed by atoms with Crippen molar-refractivity contribution in [2.24, 2.45) is 15.9 Å². The van der Waals surface area contributed by atoms with Gasteiger partial charge in [-0.15, -0.1) is 11.3 Å². The summed E-state index contributed by atoms with van der Waals surface area (Å²) in [6.45, 7) is 2.28. The Hall–Kier alpha value is -7.60. The molecule has 1 aliphatic heterocycles. The van der Waals surface area contributed by atoms with E-state index in [1.165, 1.54) is 41.7 Å². The smallest absolute Gasteiger partial charge is 0.160 e. The summed E-state index contributed by atoms with van der Waals surface area (Å²) in [7, 11) is 0. The van der Waals surface area contributed by atoms with Crippen LogP contribution in [0.25, 0.3) is 96.8 Å². The van der Waals surface area contributed by atoms with E-state index in [-0.39, 0.29) is 5.92 Å². The van der Waals surface area contributed by atoms with E-state index < -0.39 is 0 Å². The van der Waals surface area contributed by atoms with E-state index in [2.05, 4.69) is 200 Å². The summed E-state index contributed by atoms with van der Waals surface area (Å²) in [6, 6.07) is 65.4. The van der Waals surface area contributed by atoms with Gasteiger partial charge in [-0.1, -0.05) is 140 Å². The maximum Gasteiger partial charge on any atom is 0.160 e. The predicted molar refractivity (Wildman–Crippen MR) is 264 cm³/mol. The van der Waals surface area contributed by atoms with Crippen LogP contribution in [0, 0.1) is 5.92 Å². The van der Waals surface area contributed by atoms with Crippen LogP contribution < -0.4 is 0 Å². The number of para-hydroxylation sites is 1. The molecule has 0 fully saturated rings. The van der Waals surface area contributed by atoms with Crippen molar-refractivity contribution >= 4 is 114 Å². The first-order valence-corrected chi connectivity index (χ1v) is 22.1. The standard InChI is InChI=1S/C57H37N3OS/c1-34-23-28-47(39-25-30-52-46(32-39)42-20-10-12-22-51(42)62-52)58-57(59-54(34)36-14-3-2-4-15-36)44-27-29-49(56-53(44)43-26-24-35-13-7-8-18-40(35)55(43)61-56)60-48-21-11-9-19-41(48)45-31-37-16-5-6-17-38(37)33-50(45)60/h2-22,24-34H,23H2,1H3/b47-28+,58-57?,59-54?.